The summed E-state index contributed by atoms with van der Waals surface area (Å²) in [6.45, 7) is 2.02. The zero-order chi connectivity index (χ0) is 11.7. The Morgan fingerprint density at radius 2 is 2.19 bits per heavy atom. The lowest BCUT2D eigenvalue weighted by Crippen LogP contribution is -1.93. The lowest BCUT2D eigenvalue weighted by molar-refractivity contribution is -0.131. The number of allylic oxidation sites excluding steroid dienone is 1. The molecule has 0 saturated heterocycles. The number of aliphatic carboxylic acids is 1. The van der Waals surface area contributed by atoms with Crippen LogP contribution in [0.25, 0.3) is 5.57 Å². The van der Waals surface area contributed by atoms with Crippen LogP contribution in [0, 0.1) is 6.92 Å². The van der Waals surface area contributed by atoms with Crippen molar-refractivity contribution in [1.29, 1.82) is 0 Å². The van der Waals surface area contributed by atoms with Gasteiger partial charge in [0.25, 0.3) is 0 Å². The first-order valence-corrected chi connectivity index (χ1v) is 5.24. The summed E-state index contributed by atoms with van der Waals surface area (Å²) in [4.78, 5) is 10.7. The molecule has 1 N–H and O–H groups in total. The van der Waals surface area contributed by atoms with Crippen molar-refractivity contribution in [2.75, 3.05) is 7.11 Å². The summed E-state index contributed by atoms with van der Waals surface area (Å²) >= 11 is 0. The van der Waals surface area contributed by atoms with Gasteiger partial charge in [0.2, 0.25) is 0 Å². The highest BCUT2D eigenvalue weighted by Crippen LogP contribution is 2.37. The maximum Gasteiger partial charge on any atom is 0.328 e. The topological polar surface area (TPSA) is 46.5 Å². The molecule has 3 heteroatoms. The average Bonchev–Trinajstić information content (AvgIpc) is 2.62. The van der Waals surface area contributed by atoms with Gasteiger partial charge >= 0.3 is 5.97 Å². The number of hydrogen-bond donors (Lipinski definition) is 1. The fourth-order valence-electron chi connectivity index (χ4n) is 2.27. The number of rotatable bonds is 2. The molecule has 16 heavy (non-hydrogen) atoms. The fraction of sp³-hybridized carbons (Fsp3) is 0.308. The number of benzene rings is 1. The zero-order valence-corrected chi connectivity index (χ0v) is 9.41. The molecule has 1 aliphatic rings. The van der Waals surface area contributed by atoms with Crippen molar-refractivity contribution >= 4 is 11.5 Å². The molecule has 0 radical (unpaired) electrons. The third-order valence-electron chi connectivity index (χ3n) is 3.06. The van der Waals surface area contributed by atoms with E-state index in [0.29, 0.717) is 0 Å². The summed E-state index contributed by atoms with van der Waals surface area (Å²) in [5.41, 5.74) is 4.30. The molecule has 0 heterocycles. The maximum absolute atomic E-state index is 10.7. The third-order valence-corrected chi connectivity index (χ3v) is 3.06. The minimum atomic E-state index is -0.878. The third kappa shape index (κ3) is 1.69. The number of ether oxygens (including phenoxy) is 1. The molecule has 0 bridgehead atoms. The SMILES string of the molecule is COc1ccc2c(c1C)CC/C2=C\C(=O)O. The Morgan fingerprint density at radius 1 is 1.44 bits per heavy atom. The number of carbonyl (C=O) groups is 1. The lowest BCUT2D eigenvalue weighted by atomic mass is 10.0. The zero-order valence-electron chi connectivity index (χ0n) is 9.41. The molecule has 2 rings (SSSR count). The Bertz CT molecular complexity index is 472. The van der Waals surface area contributed by atoms with Crippen LogP contribution < -0.4 is 4.74 Å². The monoisotopic (exact) mass is 218 g/mol. The molecule has 1 aliphatic carbocycles. The standard InChI is InChI=1S/C13H14O3/c1-8-10-4-3-9(7-13(14)15)11(10)5-6-12(8)16-2/h5-7H,3-4H2,1-2H3,(H,14,15)/b9-7+. The predicted octanol–water partition coefficient (Wildman–Crippen LogP) is 2.42. The van der Waals surface area contributed by atoms with Gasteiger partial charge in [0.15, 0.2) is 0 Å². The molecule has 84 valence electrons. The van der Waals surface area contributed by atoms with E-state index in [1.807, 2.05) is 19.1 Å². The molecule has 0 fully saturated rings. The molecule has 0 amide bonds. The number of fused-ring (bicyclic) bond motifs is 1. The van der Waals surface area contributed by atoms with Crippen molar-refractivity contribution in [3.8, 4) is 5.75 Å². The molecule has 0 atom stereocenters. The van der Waals surface area contributed by atoms with Crippen LogP contribution in [-0.4, -0.2) is 18.2 Å². The fourth-order valence-corrected chi connectivity index (χ4v) is 2.27. The van der Waals surface area contributed by atoms with Crippen molar-refractivity contribution in [3.05, 3.63) is 34.9 Å². The van der Waals surface area contributed by atoms with Gasteiger partial charge in [0.05, 0.1) is 7.11 Å². The van der Waals surface area contributed by atoms with Crippen LogP contribution in [0.3, 0.4) is 0 Å². The van der Waals surface area contributed by atoms with E-state index in [1.54, 1.807) is 7.11 Å². The first-order valence-electron chi connectivity index (χ1n) is 5.24. The predicted molar refractivity (Wildman–Crippen MR) is 61.7 cm³/mol. The van der Waals surface area contributed by atoms with Crippen LogP contribution in [0.4, 0.5) is 0 Å². The van der Waals surface area contributed by atoms with Gasteiger partial charge in [0.1, 0.15) is 5.75 Å². The van der Waals surface area contributed by atoms with Gasteiger partial charge in [-0.2, -0.15) is 0 Å². The van der Waals surface area contributed by atoms with Crippen LogP contribution in [0.15, 0.2) is 18.2 Å². The van der Waals surface area contributed by atoms with Crippen LogP contribution in [0.2, 0.25) is 0 Å². The summed E-state index contributed by atoms with van der Waals surface area (Å²) < 4.78 is 5.25. The van der Waals surface area contributed by atoms with Crippen molar-refractivity contribution in [2.24, 2.45) is 0 Å². The summed E-state index contributed by atoms with van der Waals surface area (Å²) in [6, 6.07) is 3.85. The Kier molecular flexibility index (Phi) is 2.69. The largest absolute Gasteiger partial charge is 0.496 e. The molecule has 1 aromatic rings. The highest BCUT2D eigenvalue weighted by molar-refractivity contribution is 5.92. The molecule has 3 nitrogen and oxygen atoms in total. The molecule has 0 aromatic heterocycles. The minimum absolute atomic E-state index is 0.801. The van der Waals surface area contributed by atoms with Gasteiger partial charge in [-0.05, 0) is 48.1 Å². The van der Waals surface area contributed by atoms with E-state index >= 15 is 0 Å². The van der Waals surface area contributed by atoms with E-state index in [2.05, 4.69) is 0 Å². The molecule has 0 spiro atoms. The Hall–Kier alpha value is -1.77. The van der Waals surface area contributed by atoms with Gasteiger partial charge in [-0.15, -0.1) is 0 Å². The second kappa shape index (κ2) is 4.00. The second-order valence-corrected chi connectivity index (χ2v) is 3.93. The van der Waals surface area contributed by atoms with Gasteiger partial charge in [-0.25, -0.2) is 4.79 Å². The Balaban J connectivity index is 2.51. The van der Waals surface area contributed by atoms with Gasteiger partial charge in [0, 0.05) is 6.08 Å². The minimum Gasteiger partial charge on any atom is -0.496 e. The van der Waals surface area contributed by atoms with Crippen LogP contribution in [-0.2, 0) is 11.2 Å². The molecular weight excluding hydrogens is 204 g/mol. The molecule has 1 aromatic carbocycles. The average molecular weight is 218 g/mol. The normalized spacial score (nSPS) is 16.2. The highest BCUT2D eigenvalue weighted by atomic mass is 16.5. The summed E-state index contributed by atoms with van der Waals surface area (Å²) in [5, 5.41) is 8.77. The summed E-state index contributed by atoms with van der Waals surface area (Å²) in [7, 11) is 1.65. The van der Waals surface area contributed by atoms with E-state index in [-0.39, 0.29) is 0 Å². The Labute approximate surface area is 94.4 Å². The maximum atomic E-state index is 10.7. The van der Waals surface area contributed by atoms with Crippen molar-refractivity contribution in [3.63, 3.8) is 0 Å². The highest BCUT2D eigenvalue weighted by Gasteiger charge is 2.20. The van der Waals surface area contributed by atoms with E-state index in [0.717, 1.165) is 35.3 Å². The smallest absolute Gasteiger partial charge is 0.328 e. The van der Waals surface area contributed by atoms with Crippen LogP contribution in [0.1, 0.15) is 23.1 Å². The molecule has 0 aliphatic heterocycles. The lowest BCUT2D eigenvalue weighted by Gasteiger charge is -2.09. The molecular formula is C13H14O3. The summed E-state index contributed by atoms with van der Waals surface area (Å²) in [6.07, 6.45) is 3.00. The van der Waals surface area contributed by atoms with Crippen molar-refractivity contribution in [1.82, 2.24) is 0 Å². The van der Waals surface area contributed by atoms with E-state index in [9.17, 15) is 4.79 Å². The van der Waals surface area contributed by atoms with Crippen LogP contribution in [0.5, 0.6) is 5.75 Å². The van der Waals surface area contributed by atoms with Gasteiger partial charge < -0.3 is 9.84 Å². The van der Waals surface area contributed by atoms with Gasteiger partial charge in [-0.3, -0.25) is 0 Å². The quantitative estimate of drug-likeness (QED) is 0.775. The first kappa shape index (κ1) is 10.7. The van der Waals surface area contributed by atoms with Crippen LogP contribution >= 0.6 is 0 Å². The molecule has 0 saturated carbocycles. The van der Waals surface area contributed by atoms with Crippen molar-refractivity contribution < 1.29 is 14.6 Å². The second-order valence-electron chi connectivity index (χ2n) is 3.93. The number of hydrogen-bond acceptors (Lipinski definition) is 2. The van der Waals surface area contributed by atoms with E-state index in [4.69, 9.17) is 9.84 Å². The molecule has 0 unspecified atom stereocenters. The Morgan fingerprint density at radius 3 is 2.81 bits per heavy atom. The number of carboxylic acid groups (broad SMARTS) is 1. The summed E-state index contributed by atoms with van der Waals surface area (Å²) in [5.74, 6) is -0.00774. The first-order chi connectivity index (χ1) is 7.63. The number of carboxylic acids is 1. The number of methoxy groups -OCH3 is 1. The van der Waals surface area contributed by atoms with Crippen molar-refractivity contribution in [2.45, 2.75) is 19.8 Å². The van der Waals surface area contributed by atoms with Gasteiger partial charge in [-0.1, -0.05) is 6.07 Å². The van der Waals surface area contributed by atoms with E-state index < -0.39 is 5.97 Å². The van der Waals surface area contributed by atoms with E-state index in [1.165, 1.54) is 11.6 Å².